The Morgan fingerprint density at radius 3 is 2.84 bits per heavy atom. The zero-order chi connectivity index (χ0) is 14.2. The van der Waals surface area contributed by atoms with Crippen molar-refractivity contribution in [2.45, 2.75) is 37.4 Å². The Morgan fingerprint density at radius 1 is 1.68 bits per heavy atom. The van der Waals surface area contributed by atoms with Crippen LogP contribution in [-0.2, 0) is 9.53 Å². The van der Waals surface area contributed by atoms with E-state index in [9.17, 15) is 19.4 Å². The Labute approximate surface area is 110 Å². The van der Waals surface area contributed by atoms with Gasteiger partial charge >= 0.3 is 0 Å². The summed E-state index contributed by atoms with van der Waals surface area (Å²) in [5.74, 6) is -0.198. The highest BCUT2D eigenvalue weighted by molar-refractivity contribution is 5.89. The number of hydrogen-bond donors (Lipinski definition) is 3. The molecule has 4 atom stereocenters. The first kappa shape index (κ1) is 14.0. The molecule has 1 amide bonds. The molecule has 6 nitrogen and oxygen atoms in total. The summed E-state index contributed by atoms with van der Waals surface area (Å²) in [5.41, 5.74) is -1.33. The van der Waals surface area contributed by atoms with Gasteiger partial charge < -0.3 is 25.2 Å². The average molecular weight is 272 g/mol. The molecule has 0 aromatic carbocycles. The number of nitrogens with one attached hydrogen (secondary N) is 1. The van der Waals surface area contributed by atoms with Crippen LogP contribution >= 0.6 is 0 Å². The van der Waals surface area contributed by atoms with Crippen molar-refractivity contribution in [3.63, 3.8) is 0 Å². The summed E-state index contributed by atoms with van der Waals surface area (Å²) in [5, 5.41) is 21.7. The van der Waals surface area contributed by atoms with Crippen molar-refractivity contribution in [2.24, 2.45) is 0 Å². The van der Waals surface area contributed by atoms with Crippen molar-refractivity contribution in [3.8, 4) is 0 Å². The molecular formula is C12H17FN2O4. The van der Waals surface area contributed by atoms with Gasteiger partial charge in [-0.1, -0.05) is 13.5 Å². The lowest BCUT2D eigenvalue weighted by molar-refractivity contribution is -0.138. The molecule has 1 saturated heterocycles. The van der Waals surface area contributed by atoms with Gasteiger partial charge in [-0.25, -0.2) is 4.39 Å². The van der Waals surface area contributed by atoms with Crippen LogP contribution in [0, 0.1) is 0 Å². The van der Waals surface area contributed by atoms with Crippen molar-refractivity contribution in [2.75, 3.05) is 6.61 Å². The summed E-state index contributed by atoms with van der Waals surface area (Å²) < 4.78 is 19.7. The van der Waals surface area contributed by atoms with Crippen LogP contribution in [0.2, 0.25) is 0 Å². The lowest BCUT2D eigenvalue weighted by Gasteiger charge is -2.33. The standard InChI is InChI=1S/C12H17FN2O4/c1-3-12(6-16)10(18)9(13)11(19-12)15-5-4-8(17)14-7(15)2/h4-5,9-11,16,18H,2-3,6H2,1H3,(H,14,17)/t9-,10-,11+,12+/m0/s1. The summed E-state index contributed by atoms with van der Waals surface area (Å²) in [6, 6.07) is 0. The second kappa shape index (κ2) is 4.92. The molecular weight excluding hydrogens is 255 g/mol. The molecule has 0 aromatic rings. The monoisotopic (exact) mass is 272 g/mol. The van der Waals surface area contributed by atoms with E-state index >= 15 is 0 Å². The number of aliphatic hydroxyl groups is 2. The van der Waals surface area contributed by atoms with Gasteiger partial charge in [0.1, 0.15) is 17.5 Å². The second-order valence-electron chi connectivity index (χ2n) is 4.63. The average Bonchev–Trinajstić information content (AvgIpc) is 2.64. The van der Waals surface area contributed by atoms with Crippen LogP contribution in [0.5, 0.6) is 0 Å². The maximum absolute atomic E-state index is 14.2. The fraction of sp³-hybridized carbons (Fsp3) is 0.583. The Hall–Kier alpha value is -1.44. The third-order valence-electron chi connectivity index (χ3n) is 3.57. The van der Waals surface area contributed by atoms with Crippen LogP contribution in [0.25, 0.3) is 0 Å². The van der Waals surface area contributed by atoms with Gasteiger partial charge in [0.25, 0.3) is 5.91 Å². The lowest BCUT2D eigenvalue weighted by Crippen LogP contribution is -2.45. The van der Waals surface area contributed by atoms with Crippen LogP contribution in [-0.4, -0.2) is 51.7 Å². The molecule has 106 valence electrons. The Bertz CT molecular complexity index is 422. The molecule has 0 aliphatic carbocycles. The van der Waals surface area contributed by atoms with Crippen LogP contribution in [0.1, 0.15) is 13.3 Å². The number of nitrogens with zero attached hydrogens (tertiary/aromatic N) is 1. The van der Waals surface area contributed by atoms with Gasteiger partial charge in [0.05, 0.1) is 6.61 Å². The summed E-state index contributed by atoms with van der Waals surface area (Å²) in [6.45, 7) is 4.80. The maximum atomic E-state index is 14.2. The predicted octanol–water partition coefficient (Wildman–Crippen LogP) is -0.401. The number of aliphatic hydroxyl groups excluding tert-OH is 2. The Morgan fingerprint density at radius 2 is 2.37 bits per heavy atom. The van der Waals surface area contributed by atoms with Crippen molar-refractivity contribution >= 4 is 5.91 Å². The number of hydrogen-bond acceptors (Lipinski definition) is 5. The number of carbonyl (C=O) groups is 1. The SMILES string of the molecule is C=C1NC(=O)C=CN1[C@@H]1O[C@](CC)(CO)[C@@H](O)[C@@H]1F. The topological polar surface area (TPSA) is 82.0 Å². The maximum Gasteiger partial charge on any atom is 0.250 e. The third kappa shape index (κ3) is 2.13. The van der Waals surface area contributed by atoms with Crippen LogP contribution in [0.4, 0.5) is 4.39 Å². The molecule has 2 aliphatic rings. The zero-order valence-corrected chi connectivity index (χ0v) is 10.5. The number of ether oxygens (including phenoxy) is 1. The number of halogens is 1. The van der Waals surface area contributed by atoms with Crippen LogP contribution in [0.3, 0.4) is 0 Å². The minimum atomic E-state index is -1.72. The molecule has 7 heteroatoms. The summed E-state index contributed by atoms with van der Waals surface area (Å²) in [7, 11) is 0. The number of carbonyl (C=O) groups excluding carboxylic acids is 1. The molecule has 3 N–H and O–H groups in total. The summed E-state index contributed by atoms with van der Waals surface area (Å²) >= 11 is 0. The first-order chi connectivity index (χ1) is 8.95. The van der Waals surface area contributed by atoms with Crippen molar-refractivity contribution in [1.82, 2.24) is 10.2 Å². The van der Waals surface area contributed by atoms with E-state index in [1.807, 2.05) is 0 Å². The van der Waals surface area contributed by atoms with Crippen molar-refractivity contribution in [1.29, 1.82) is 0 Å². The van der Waals surface area contributed by atoms with Crippen LogP contribution < -0.4 is 5.32 Å². The highest BCUT2D eigenvalue weighted by Gasteiger charge is 2.56. The van der Waals surface area contributed by atoms with E-state index in [1.165, 1.54) is 17.2 Å². The molecule has 0 aromatic heterocycles. The van der Waals surface area contributed by atoms with E-state index in [0.29, 0.717) is 0 Å². The third-order valence-corrected chi connectivity index (χ3v) is 3.57. The lowest BCUT2D eigenvalue weighted by atomic mass is 9.94. The van der Waals surface area contributed by atoms with Gasteiger partial charge in [0, 0.05) is 12.3 Å². The summed E-state index contributed by atoms with van der Waals surface area (Å²) in [6.07, 6.45) is -1.48. The van der Waals surface area contributed by atoms with Gasteiger partial charge in [0.15, 0.2) is 12.4 Å². The van der Waals surface area contributed by atoms with E-state index in [1.54, 1.807) is 6.92 Å². The molecule has 2 heterocycles. The van der Waals surface area contributed by atoms with Gasteiger partial charge in [-0.05, 0) is 6.42 Å². The molecule has 1 fully saturated rings. The summed E-state index contributed by atoms with van der Waals surface area (Å²) in [4.78, 5) is 12.4. The highest BCUT2D eigenvalue weighted by Crippen LogP contribution is 2.38. The molecule has 2 rings (SSSR count). The quantitative estimate of drug-likeness (QED) is 0.651. The van der Waals surface area contributed by atoms with Crippen molar-refractivity contribution in [3.05, 3.63) is 24.7 Å². The Kier molecular flexibility index (Phi) is 3.62. The largest absolute Gasteiger partial charge is 0.393 e. The van der Waals surface area contributed by atoms with E-state index in [0.717, 1.165) is 0 Å². The minimum Gasteiger partial charge on any atom is -0.393 e. The van der Waals surface area contributed by atoms with Gasteiger partial charge in [-0.2, -0.15) is 0 Å². The first-order valence-electron chi connectivity index (χ1n) is 6.02. The van der Waals surface area contributed by atoms with Gasteiger partial charge in [0.2, 0.25) is 0 Å². The number of amides is 1. The molecule has 0 radical (unpaired) electrons. The fourth-order valence-corrected chi connectivity index (χ4v) is 2.29. The molecule has 19 heavy (non-hydrogen) atoms. The van der Waals surface area contributed by atoms with Gasteiger partial charge in [-0.15, -0.1) is 0 Å². The molecule has 0 unspecified atom stereocenters. The zero-order valence-electron chi connectivity index (χ0n) is 10.5. The van der Waals surface area contributed by atoms with E-state index < -0.39 is 30.7 Å². The van der Waals surface area contributed by atoms with E-state index in [-0.39, 0.29) is 18.1 Å². The highest BCUT2D eigenvalue weighted by atomic mass is 19.1. The predicted molar refractivity (Wildman–Crippen MR) is 64.1 cm³/mol. The van der Waals surface area contributed by atoms with Crippen molar-refractivity contribution < 1.29 is 24.1 Å². The minimum absolute atomic E-state index is 0.164. The number of rotatable bonds is 3. The van der Waals surface area contributed by atoms with Crippen LogP contribution in [0.15, 0.2) is 24.7 Å². The Balaban J connectivity index is 2.25. The van der Waals surface area contributed by atoms with Gasteiger partial charge in [-0.3, -0.25) is 4.79 Å². The molecule has 0 saturated carbocycles. The fourth-order valence-electron chi connectivity index (χ4n) is 2.29. The first-order valence-corrected chi connectivity index (χ1v) is 6.02. The molecule has 0 bridgehead atoms. The normalized spacial score (nSPS) is 38.7. The van der Waals surface area contributed by atoms with E-state index in [2.05, 4.69) is 11.9 Å². The van der Waals surface area contributed by atoms with E-state index in [4.69, 9.17) is 4.74 Å². The molecule has 2 aliphatic heterocycles. The molecule has 0 spiro atoms. The number of alkyl halides is 1. The second-order valence-corrected chi connectivity index (χ2v) is 4.63. The smallest absolute Gasteiger partial charge is 0.250 e.